The van der Waals surface area contributed by atoms with Crippen molar-refractivity contribution < 1.29 is 18.8 Å². The highest BCUT2D eigenvalue weighted by Gasteiger charge is 2.53. The lowest BCUT2D eigenvalue weighted by molar-refractivity contribution is -0.397. The first-order valence-corrected chi connectivity index (χ1v) is 14.7. The summed E-state index contributed by atoms with van der Waals surface area (Å²) in [5.74, 6) is -0.994. The maximum atomic E-state index is 11.8. The summed E-state index contributed by atoms with van der Waals surface area (Å²) in [6.45, 7) is 11.1. The first-order valence-electron chi connectivity index (χ1n) is 12.3. The molecule has 1 atom stereocenters. The van der Waals surface area contributed by atoms with E-state index in [2.05, 4.69) is 66.0 Å². The summed E-state index contributed by atoms with van der Waals surface area (Å²) < 4.78 is 21.7. The van der Waals surface area contributed by atoms with Gasteiger partial charge in [-0.25, -0.2) is 4.57 Å². The van der Waals surface area contributed by atoms with Gasteiger partial charge in [-0.05, 0) is 50.5 Å². The molecule has 0 bridgehead atoms. The number of hydrogen-bond donors (Lipinski definition) is 0. The molecule has 1 aliphatic heterocycles. The van der Waals surface area contributed by atoms with Crippen molar-refractivity contribution in [2.24, 2.45) is 10.8 Å². The molecule has 198 valence electrons. The van der Waals surface area contributed by atoms with Gasteiger partial charge in [-0.3, -0.25) is 0 Å². The van der Waals surface area contributed by atoms with Gasteiger partial charge in [0.25, 0.3) is 0 Å². The summed E-state index contributed by atoms with van der Waals surface area (Å²) in [4.78, 5) is 15.4. The lowest BCUT2D eigenvalue weighted by Gasteiger charge is -2.51. The van der Waals surface area contributed by atoms with Crippen molar-refractivity contribution in [3.63, 3.8) is 0 Å². The Bertz CT molecular complexity index is 1160. The number of benzene rings is 2. The average Bonchev–Trinajstić information content (AvgIpc) is 3.22. The van der Waals surface area contributed by atoms with E-state index in [0.717, 1.165) is 10.4 Å². The molecule has 0 aliphatic carbocycles. The van der Waals surface area contributed by atoms with Crippen LogP contribution in [0.4, 0.5) is 5.95 Å². The monoisotopic (exact) mass is 587 g/mol. The number of aromatic nitrogens is 2. The molecule has 4 rings (SSSR count). The largest absolute Gasteiger partial charge is 0.435 e. The summed E-state index contributed by atoms with van der Waals surface area (Å²) >= 11 is 3.31. The van der Waals surface area contributed by atoms with Crippen LogP contribution in [0.2, 0.25) is 0 Å². The fraction of sp³-hybridized carbons (Fsp3) is 0.444. The van der Waals surface area contributed by atoms with E-state index in [1.165, 1.54) is 0 Å². The van der Waals surface area contributed by atoms with Gasteiger partial charge >= 0.3 is 5.95 Å². The average molecular weight is 589 g/mol. The number of imidazole rings is 1. The van der Waals surface area contributed by atoms with E-state index in [1.807, 2.05) is 50.2 Å². The van der Waals surface area contributed by atoms with Crippen LogP contribution in [0.5, 0.6) is 0 Å². The summed E-state index contributed by atoms with van der Waals surface area (Å²) in [7, 11) is -2.17. The summed E-state index contributed by atoms with van der Waals surface area (Å²) in [6, 6.07) is 20.6. The van der Waals surface area contributed by atoms with Gasteiger partial charge in [0.15, 0.2) is 5.79 Å². The molecule has 1 fully saturated rings. The van der Waals surface area contributed by atoms with Gasteiger partial charge in [0.05, 0.1) is 31.3 Å². The minimum Gasteiger partial charge on any atom is -0.407 e. The number of ether oxygens (including phenoxy) is 2. The quantitative estimate of drug-likeness (QED) is 0.222. The van der Waals surface area contributed by atoms with E-state index in [-0.39, 0.29) is 24.0 Å². The molecule has 0 spiro atoms. The highest BCUT2D eigenvalue weighted by atomic mass is 79.9. The molecule has 3 aromatic rings. The standard InChI is InChI=1S/C27H34BrN3O5Si/c1-25(2,3)23(36-37(20-12-8-6-9-13-20)21-14-10-7-11-15-21)27(18-34-26(4,5)35-19-27)17-30-16-22(28)29-24(30)31(32)33/h6-16,23,37H,17-19H2,1-5H3. The van der Waals surface area contributed by atoms with E-state index in [1.54, 1.807) is 10.8 Å². The van der Waals surface area contributed by atoms with Crippen molar-refractivity contribution >= 4 is 41.3 Å². The van der Waals surface area contributed by atoms with E-state index in [4.69, 9.17) is 13.9 Å². The first-order chi connectivity index (χ1) is 17.4. The predicted molar refractivity (Wildman–Crippen MR) is 149 cm³/mol. The Morgan fingerprint density at radius 1 is 1.08 bits per heavy atom. The molecule has 2 heterocycles. The maximum Gasteiger partial charge on any atom is 0.435 e. The number of nitrogens with zero attached hydrogens (tertiary/aromatic N) is 3. The highest BCUT2D eigenvalue weighted by molar-refractivity contribution is 9.10. The second-order valence-electron chi connectivity index (χ2n) is 11.2. The molecule has 10 heteroatoms. The molecule has 1 saturated heterocycles. The van der Waals surface area contributed by atoms with E-state index in [0.29, 0.717) is 17.8 Å². The SMILES string of the molecule is CC1(C)OCC(Cn2cc(Br)nc2[N+](=O)[O-])(C(O[SiH](c2ccccc2)c2ccccc2)C(C)(C)C)CO1. The van der Waals surface area contributed by atoms with Crippen molar-refractivity contribution in [1.82, 2.24) is 9.55 Å². The van der Waals surface area contributed by atoms with Gasteiger partial charge in [0.2, 0.25) is 13.6 Å². The number of hydrogen-bond acceptors (Lipinski definition) is 6. The fourth-order valence-electron chi connectivity index (χ4n) is 5.03. The van der Waals surface area contributed by atoms with Gasteiger partial charge in [0.1, 0.15) is 6.20 Å². The van der Waals surface area contributed by atoms with Crippen LogP contribution < -0.4 is 10.4 Å². The topological polar surface area (TPSA) is 88.7 Å². The van der Waals surface area contributed by atoms with Gasteiger partial charge in [0, 0.05) is 0 Å². The Hall–Kier alpha value is -2.37. The Morgan fingerprint density at radius 3 is 2.05 bits per heavy atom. The maximum absolute atomic E-state index is 11.8. The lowest BCUT2D eigenvalue weighted by atomic mass is 9.70. The Balaban J connectivity index is 1.81. The second-order valence-corrected chi connectivity index (χ2v) is 14.3. The first kappa shape index (κ1) is 27.7. The van der Waals surface area contributed by atoms with Crippen LogP contribution in [0, 0.1) is 20.9 Å². The van der Waals surface area contributed by atoms with Crippen LogP contribution in [-0.2, 0) is 20.4 Å². The third-order valence-corrected chi connectivity index (χ3v) is 9.52. The number of nitro groups is 1. The molecule has 8 nitrogen and oxygen atoms in total. The van der Waals surface area contributed by atoms with Gasteiger partial charge in [-0.2, -0.15) is 0 Å². The molecular weight excluding hydrogens is 554 g/mol. The molecule has 1 unspecified atom stereocenters. The number of rotatable bonds is 8. The molecule has 1 aromatic heterocycles. The molecule has 0 radical (unpaired) electrons. The van der Waals surface area contributed by atoms with Crippen molar-refractivity contribution in [3.8, 4) is 0 Å². The van der Waals surface area contributed by atoms with Crippen LogP contribution in [-0.4, -0.2) is 48.6 Å². The van der Waals surface area contributed by atoms with E-state index in [9.17, 15) is 10.1 Å². The minimum atomic E-state index is -2.17. The van der Waals surface area contributed by atoms with Gasteiger partial charge in [-0.1, -0.05) is 86.4 Å². The zero-order valence-corrected chi connectivity index (χ0v) is 24.6. The van der Waals surface area contributed by atoms with Gasteiger partial charge < -0.3 is 24.0 Å². The van der Waals surface area contributed by atoms with Crippen molar-refractivity contribution in [2.75, 3.05) is 13.2 Å². The Kier molecular flexibility index (Phi) is 8.06. The molecule has 0 saturated carbocycles. The molecule has 37 heavy (non-hydrogen) atoms. The molecule has 0 amide bonds. The minimum absolute atomic E-state index is 0.233. The fourth-order valence-corrected chi connectivity index (χ4v) is 8.25. The molecule has 1 aliphatic rings. The van der Waals surface area contributed by atoms with E-state index >= 15 is 0 Å². The highest BCUT2D eigenvalue weighted by Crippen LogP contribution is 2.44. The Morgan fingerprint density at radius 2 is 1.59 bits per heavy atom. The Labute approximate surface area is 228 Å². The number of halogens is 1. The van der Waals surface area contributed by atoms with E-state index < -0.39 is 25.2 Å². The van der Waals surface area contributed by atoms with Gasteiger partial charge in [-0.15, -0.1) is 0 Å². The lowest BCUT2D eigenvalue weighted by Crippen LogP contribution is -2.62. The van der Waals surface area contributed by atoms with Crippen molar-refractivity contribution in [3.05, 3.63) is 81.6 Å². The zero-order valence-electron chi connectivity index (χ0n) is 21.9. The van der Waals surface area contributed by atoms with Crippen LogP contribution >= 0.6 is 15.9 Å². The molecule has 0 N–H and O–H groups in total. The molecular formula is C27H34BrN3O5Si. The van der Waals surface area contributed by atoms with Crippen LogP contribution in [0.15, 0.2) is 71.5 Å². The third-order valence-electron chi connectivity index (χ3n) is 6.61. The van der Waals surface area contributed by atoms with Crippen molar-refractivity contribution in [1.29, 1.82) is 0 Å². The normalized spacial score (nSPS) is 18.0. The molecule has 2 aromatic carbocycles. The predicted octanol–water partition coefficient (Wildman–Crippen LogP) is 4.29. The second kappa shape index (κ2) is 10.8. The van der Waals surface area contributed by atoms with Crippen LogP contribution in [0.1, 0.15) is 34.6 Å². The van der Waals surface area contributed by atoms with Crippen LogP contribution in [0.25, 0.3) is 0 Å². The van der Waals surface area contributed by atoms with Crippen LogP contribution in [0.3, 0.4) is 0 Å². The summed E-state index contributed by atoms with van der Waals surface area (Å²) in [5, 5.41) is 14.1. The summed E-state index contributed by atoms with van der Waals surface area (Å²) in [6.07, 6.45) is 1.29. The van der Waals surface area contributed by atoms with Crippen molar-refractivity contribution in [2.45, 2.75) is 53.1 Å². The zero-order chi connectivity index (χ0) is 26.8. The smallest absolute Gasteiger partial charge is 0.407 e. The summed E-state index contributed by atoms with van der Waals surface area (Å²) in [5.41, 5.74) is -1.05. The third kappa shape index (κ3) is 6.38.